The van der Waals surface area contributed by atoms with Crippen LogP contribution in [0.3, 0.4) is 0 Å². The van der Waals surface area contributed by atoms with Crippen molar-refractivity contribution in [3.05, 3.63) is 11.5 Å². The van der Waals surface area contributed by atoms with E-state index in [0.717, 1.165) is 12.8 Å². The van der Waals surface area contributed by atoms with Crippen molar-refractivity contribution in [2.24, 2.45) is 0 Å². The number of hydrogen-bond donors (Lipinski definition) is 0. The molecule has 1 rings (SSSR count). The van der Waals surface area contributed by atoms with Crippen LogP contribution >= 0.6 is 0 Å². The zero-order chi connectivity index (χ0) is 15.9. The summed E-state index contributed by atoms with van der Waals surface area (Å²) in [6.07, 6.45) is 12.3. The topological polar surface area (TPSA) is 18.5 Å². The highest BCUT2D eigenvalue weighted by Gasteiger charge is 2.52. The second-order valence-electron chi connectivity index (χ2n) is 7.32. The third-order valence-electron chi connectivity index (χ3n) is 4.84. The van der Waals surface area contributed by atoms with Crippen LogP contribution in [0.2, 0.25) is 0 Å². The molecule has 1 fully saturated rings. The number of rotatable bonds is 9. The van der Waals surface area contributed by atoms with Gasteiger partial charge in [-0.05, 0) is 46.0 Å². The summed E-state index contributed by atoms with van der Waals surface area (Å²) in [5.41, 5.74) is 0.897. The third kappa shape index (κ3) is 5.45. The van der Waals surface area contributed by atoms with Gasteiger partial charge < -0.3 is 9.31 Å². The Kier molecular flexibility index (Phi) is 7.49. The van der Waals surface area contributed by atoms with Crippen molar-refractivity contribution in [3.63, 3.8) is 0 Å². The Labute approximate surface area is 132 Å². The second kappa shape index (κ2) is 8.38. The van der Waals surface area contributed by atoms with Crippen molar-refractivity contribution in [2.75, 3.05) is 0 Å². The van der Waals surface area contributed by atoms with Gasteiger partial charge in [0.2, 0.25) is 0 Å². The van der Waals surface area contributed by atoms with Crippen LogP contribution < -0.4 is 0 Å². The van der Waals surface area contributed by atoms with Gasteiger partial charge >= 0.3 is 7.12 Å². The minimum Gasteiger partial charge on any atom is -0.400 e. The van der Waals surface area contributed by atoms with Gasteiger partial charge in [0.1, 0.15) is 0 Å². The van der Waals surface area contributed by atoms with Gasteiger partial charge in [0.05, 0.1) is 11.2 Å². The maximum Gasteiger partial charge on any atom is 0.490 e. The molecule has 1 saturated heterocycles. The lowest BCUT2D eigenvalue weighted by Crippen LogP contribution is -2.41. The predicted molar refractivity (Wildman–Crippen MR) is 92.4 cm³/mol. The molecule has 0 saturated carbocycles. The van der Waals surface area contributed by atoms with Crippen molar-refractivity contribution < 1.29 is 9.31 Å². The van der Waals surface area contributed by atoms with E-state index in [2.05, 4.69) is 47.6 Å². The highest BCUT2D eigenvalue weighted by atomic mass is 16.7. The minimum atomic E-state index is -0.231. The number of hydrogen-bond acceptors (Lipinski definition) is 2. The molecule has 0 aromatic heterocycles. The van der Waals surface area contributed by atoms with Crippen molar-refractivity contribution in [3.8, 4) is 0 Å². The molecule has 122 valence electrons. The average Bonchev–Trinajstić information content (AvgIpc) is 2.61. The second-order valence-corrected chi connectivity index (χ2v) is 7.32. The highest BCUT2D eigenvalue weighted by molar-refractivity contribution is 6.54. The summed E-state index contributed by atoms with van der Waals surface area (Å²) in [5, 5.41) is 0. The smallest absolute Gasteiger partial charge is 0.400 e. The summed E-state index contributed by atoms with van der Waals surface area (Å²) in [5.74, 6) is 0. The standard InChI is InChI=1S/C18H35BO2/c1-7-9-11-13-15-16(14-12-10-8-2)19-20-17(3,4)18(5,6)21-19/h14H,7-13,15H2,1-6H3/b16-14+. The molecule has 0 radical (unpaired) electrons. The van der Waals surface area contributed by atoms with E-state index in [0.29, 0.717) is 0 Å². The summed E-state index contributed by atoms with van der Waals surface area (Å²) in [6.45, 7) is 13.0. The first-order chi connectivity index (χ1) is 9.84. The Morgan fingerprint density at radius 1 is 0.857 bits per heavy atom. The first-order valence-corrected chi connectivity index (χ1v) is 8.88. The maximum atomic E-state index is 6.22. The van der Waals surface area contributed by atoms with Gasteiger partial charge in [0.25, 0.3) is 0 Å². The first-order valence-electron chi connectivity index (χ1n) is 8.88. The highest BCUT2D eigenvalue weighted by Crippen LogP contribution is 2.39. The first kappa shape index (κ1) is 18.8. The third-order valence-corrected chi connectivity index (χ3v) is 4.84. The van der Waals surface area contributed by atoms with Crippen molar-refractivity contribution in [2.45, 2.75) is 104 Å². The molecule has 0 spiro atoms. The molecule has 1 aliphatic rings. The van der Waals surface area contributed by atoms with Crippen LogP contribution in [-0.2, 0) is 9.31 Å². The molecule has 1 heterocycles. The van der Waals surface area contributed by atoms with Gasteiger partial charge in [-0.1, -0.05) is 58.4 Å². The molecule has 0 unspecified atom stereocenters. The fourth-order valence-electron chi connectivity index (χ4n) is 2.56. The molecule has 21 heavy (non-hydrogen) atoms. The lowest BCUT2D eigenvalue weighted by molar-refractivity contribution is 0.00578. The van der Waals surface area contributed by atoms with Gasteiger partial charge in [-0.3, -0.25) is 0 Å². The summed E-state index contributed by atoms with van der Waals surface area (Å²) < 4.78 is 12.4. The molecular weight excluding hydrogens is 259 g/mol. The molecule has 0 amide bonds. The van der Waals surface area contributed by atoms with E-state index in [4.69, 9.17) is 9.31 Å². The van der Waals surface area contributed by atoms with Gasteiger partial charge in [0.15, 0.2) is 0 Å². The monoisotopic (exact) mass is 294 g/mol. The molecule has 1 aliphatic heterocycles. The quantitative estimate of drug-likeness (QED) is 0.401. The Balaban J connectivity index is 2.66. The Hall–Kier alpha value is -0.275. The molecule has 0 aromatic rings. The van der Waals surface area contributed by atoms with E-state index in [9.17, 15) is 0 Å². The van der Waals surface area contributed by atoms with Gasteiger partial charge in [-0.15, -0.1) is 0 Å². The lowest BCUT2D eigenvalue weighted by Gasteiger charge is -2.32. The van der Waals surface area contributed by atoms with Gasteiger partial charge in [-0.2, -0.15) is 0 Å². The summed E-state index contributed by atoms with van der Waals surface area (Å²) in [4.78, 5) is 0. The molecule has 0 bridgehead atoms. The summed E-state index contributed by atoms with van der Waals surface area (Å²) in [7, 11) is -0.145. The largest absolute Gasteiger partial charge is 0.490 e. The van der Waals surface area contributed by atoms with E-state index in [-0.39, 0.29) is 18.3 Å². The van der Waals surface area contributed by atoms with Crippen molar-refractivity contribution >= 4 is 7.12 Å². The number of unbranched alkanes of at least 4 members (excludes halogenated alkanes) is 5. The van der Waals surface area contributed by atoms with Gasteiger partial charge in [-0.25, -0.2) is 0 Å². The van der Waals surface area contributed by atoms with Gasteiger partial charge in [0, 0.05) is 0 Å². The fraction of sp³-hybridized carbons (Fsp3) is 0.889. The Morgan fingerprint density at radius 3 is 1.95 bits per heavy atom. The van der Waals surface area contributed by atoms with Crippen LogP contribution in [0.1, 0.15) is 92.9 Å². The fourth-order valence-corrected chi connectivity index (χ4v) is 2.56. The van der Waals surface area contributed by atoms with Crippen LogP contribution in [0.5, 0.6) is 0 Å². The molecule has 0 atom stereocenters. The van der Waals surface area contributed by atoms with Crippen molar-refractivity contribution in [1.82, 2.24) is 0 Å². The number of allylic oxidation sites excluding steroid dienone is 2. The zero-order valence-corrected chi connectivity index (χ0v) is 15.1. The SMILES string of the molecule is CCCC/C=C(\CCCCCC)B1OC(C)(C)C(C)(C)O1. The Morgan fingerprint density at radius 2 is 1.43 bits per heavy atom. The maximum absolute atomic E-state index is 6.22. The molecule has 0 N–H and O–H groups in total. The van der Waals surface area contributed by atoms with E-state index >= 15 is 0 Å². The van der Waals surface area contributed by atoms with E-state index < -0.39 is 0 Å². The molecule has 0 aliphatic carbocycles. The van der Waals surface area contributed by atoms with E-state index in [1.54, 1.807) is 0 Å². The predicted octanol–water partition coefficient (Wildman–Crippen LogP) is 5.70. The van der Waals surface area contributed by atoms with Crippen LogP contribution in [0.4, 0.5) is 0 Å². The lowest BCUT2D eigenvalue weighted by atomic mass is 9.74. The van der Waals surface area contributed by atoms with E-state index in [1.165, 1.54) is 44.0 Å². The van der Waals surface area contributed by atoms with Crippen molar-refractivity contribution in [1.29, 1.82) is 0 Å². The zero-order valence-electron chi connectivity index (χ0n) is 15.1. The summed E-state index contributed by atoms with van der Waals surface area (Å²) >= 11 is 0. The molecular formula is C18H35BO2. The van der Waals surface area contributed by atoms with Crippen LogP contribution in [0, 0.1) is 0 Å². The molecule has 2 nitrogen and oxygen atoms in total. The van der Waals surface area contributed by atoms with Crippen LogP contribution in [0.15, 0.2) is 11.5 Å². The Bertz CT molecular complexity index is 318. The van der Waals surface area contributed by atoms with Crippen LogP contribution in [0.25, 0.3) is 0 Å². The normalized spacial score (nSPS) is 21.0. The average molecular weight is 294 g/mol. The summed E-state index contributed by atoms with van der Waals surface area (Å²) in [6, 6.07) is 0. The molecule has 0 aromatic carbocycles. The van der Waals surface area contributed by atoms with E-state index in [1.807, 2.05) is 0 Å². The molecule has 3 heteroatoms. The minimum absolute atomic E-state index is 0.145. The van der Waals surface area contributed by atoms with Crippen LogP contribution in [-0.4, -0.2) is 18.3 Å².